The molecule has 1 atom stereocenters. The fourth-order valence-corrected chi connectivity index (χ4v) is 6.65. The Hall–Kier alpha value is -5.68. The summed E-state index contributed by atoms with van der Waals surface area (Å²) >= 11 is 0. The quantitative estimate of drug-likeness (QED) is 0.0376. The predicted octanol–water partition coefficient (Wildman–Crippen LogP) is 9.66. The van der Waals surface area contributed by atoms with E-state index in [9.17, 15) is 30.0 Å². The number of phenolic OH excluding ortho intramolecular Hbond substituents is 3. The maximum Gasteiger partial charge on any atom is 0.343 e. The molecule has 5 aromatic rings. The van der Waals surface area contributed by atoms with E-state index in [4.69, 9.17) is 9.47 Å². The van der Waals surface area contributed by atoms with Crippen molar-refractivity contribution in [2.75, 3.05) is 41.3 Å². The Morgan fingerprint density at radius 1 is 0.565 bits per heavy atom. The molecule has 332 valence electrons. The number of aromatic hydroxyl groups is 3. The third-order valence-corrected chi connectivity index (χ3v) is 12.7. The van der Waals surface area contributed by atoms with Gasteiger partial charge in [0.1, 0.15) is 17.9 Å². The van der Waals surface area contributed by atoms with Crippen molar-refractivity contribution in [1.29, 1.82) is 0 Å². The van der Waals surface area contributed by atoms with Crippen LogP contribution in [0.2, 0.25) is 0 Å². The Balaban J connectivity index is 0.000000294. The van der Waals surface area contributed by atoms with Gasteiger partial charge in [-0.1, -0.05) is 59.7 Å². The zero-order chi connectivity index (χ0) is 46.3. The Bertz CT molecular complexity index is 2290. The molecule has 0 saturated carbocycles. The fraction of sp³-hybridized carbons (Fsp3) is 0.385. The number of benzene rings is 5. The first kappa shape index (κ1) is 49.0. The van der Waals surface area contributed by atoms with E-state index in [-0.39, 0.29) is 34.1 Å². The molecule has 10 nitrogen and oxygen atoms in total. The standard InChI is InChI=1S/C31H38NO5.C21H29NO3/c1-21-9-13-23(14-10-21)28(33)36-26-18-17-25(31(6,35)20-32(7,8)30(3,4)5)19-27(26)37-29(34)24-15-11-22(2)12-16-24;1-21(2,13-11-16-5-8-18(23)9-6-16)22(3,4)14-12-17-7-10-19(24)20(25)15-17/h9-19,35H,20H2,1-8H3;5-10,15H,11-14H2,1-4H3,(H2-,23,24,25)/q+1;/p+1. The van der Waals surface area contributed by atoms with E-state index in [1.165, 1.54) is 5.56 Å². The highest BCUT2D eigenvalue weighted by atomic mass is 16.6. The van der Waals surface area contributed by atoms with Crippen LogP contribution in [0.15, 0.2) is 109 Å². The van der Waals surface area contributed by atoms with Gasteiger partial charge in [-0.15, -0.1) is 0 Å². The number of carbonyl (C=O) groups is 2. The molecule has 0 aliphatic rings. The Labute approximate surface area is 368 Å². The molecular weight excluding hydrogens is 781 g/mol. The van der Waals surface area contributed by atoms with Crippen molar-refractivity contribution in [2.24, 2.45) is 0 Å². The molecule has 5 rings (SSSR count). The second kappa shape index (κ2) is 19.6. The summed E-state index contributed by atoms with van der Waals surface area (Å²) < 4.78 is 12.8. The van der Waals surface area contributed by atoms with E-state index in [0.717, 1.165) is 47.0 Å². The van der Waals surface area contributed by atoms with E-state index in [0.29, 0.717) is 33.5 Å². The van der Waals surface area contributed by atoms with Crippen molar-refractivity contribution in [3.05, 3.63) is 148 Å². The summed E-state index contributed by atoms with van der Waals surface area (Å²) in [6.07, 6.45) is 2.84. The van der Waals surface area contributed by atoms with Gasteiger partial charge in [-0.25, -0.2) is 9.59 Å². The van der Waals surface area contributed by atoms with Gasteiger partial charge in [-0.3, -0.25) is 0 Å². The van der Waals surface area contributed by atoms with Crippen LogP contribution < -0.4 is 9.47 Å². The van der Waals surface area contributed by atoms with Crippen LogP contribution in [0.3, 0.4) is 0 Å². The summed E-state index contributed by atoms with van der Waals surface area (Å²) in [5.74, 6) is -0.842. The molecule has 0 bridgehead atoms. The number of aryl methyl sites for hydroxylation is 3. The van der Waals surface area contributed by atoms with E-state index < -0.39 is 17.5 Å². The molecule has 5 aromatic carbocycles. The van der Waals surface area contributed by atoms with Gasteiger partial charge in [-0.2, -0.15) is 0 Å². The largest absolute Gasteiger partial charge is 0.508 e. The minimum Gasteiger partial charge on any atom is -0.508 e. The molecule has 0 spiro atoms. The zero-order valence-electron chi connectivity index (χ0n) is 38.7. The van der Waals surface area contributed by atoms with Gasteiger partial charge in [-0.05, 0) is 139 Å². The third-order valence-electron chi connectivity index (χ3n) is 12.7. The number of hydrogen-bond donors (Lipinski definition) is 4. The Kier molecular flexibility index (Phi) is 15.5. The van der Waals surface area contributed by atoms with Crippen LogP contribution in [-0.4, -0.2) is 93.7 Å². The molecule has 0 heterocycles. The van der Waals surface area contributed by atoms with Gasteiger partial charge >= 0.3 is 11.9 Å². The van der Waals surface area contributed by atoms with Gasteiger partial charge in [0.15, 0.2) is 23.0 Å². The molecule has 0 saturated heterocycles. The summed E-state index contributed by atoms with van der Waals surface area (Å²) in [6, 6.07) is 31.3. The van der Waals surface area contributed by atoms with E-state index in [1.807, 2.05) is 56.3 Å². The lowest BCUT2D eigenvalue weighted by Gasteiger charge is -2.46. The average Bonchev–Trinajstić information content (AvgIpc) is 3.18. The minimum absolute atomic E-state index is 0.0601. The summed E-state index contributed by atoms with van der Waals surface area (Å²) in [7, 11) is 8.59. The Morgan fingerprint density at radius 3 is 1.56 bits per heavy atom. The lowest BCUT2D eigenvalue weighted by molar-refractivity contribution is -0.941. The van der Waals surface area contributed by atoms with Crippen LogP contribution in [0.5, 0.6) is 28.7 Å². The first-order valence-corrected chi connectivity index (χ1v) is 21.1. The number of hydrogen-bond acceptors (Lipinski definition) is 8. The van der Waals surface area contributed by atoms with Crippen molar-refractivity contribution >= 4 is 11.9 Å². The molecule has 0 aliphatic heterocycles. The summed E-state index contributed by atoms with van der Waals surface area (Å²) in [6.45, 7) is 17.9. The monoisotopic (exact) mass is 848 g/mol. The van der Waals surface area contributed by atoms with Crippen molar-refractivity contribution in [1.82, 2.24) is 0 Å². The van der Waals surface area contributed by atoms with Crippen LogP contribution in [0.1, 0.15) is 96.5 Å². The van der Waals surface area contributed by atoms with Gasteiger partial charge in [0.05, 0.1) is 56.9 Å². The van der Waals surface area contributed by atoms with Gasteiger partial charge in [0.25, 0.3) is 0 Å². The highest BCUT2D eigenvalue weighted by molar-refractivity contribution is 5.93. The predicted molar refractivity (Wildman–Crippen MR) is 246 cm³/mol. The second-order valence-electron chi connectivity index (χ2n) is 19.4. The van der Waals surface area contributed by atoms with E-state index in [1.54, 1.807) is 73.7 Å². The maximum absolute atomic E-state index is 13.0. The smallest absolute Gasteiger partial charge is 0.343 e. The number of phenols is 3. The number of nitrogens with zero attached hydrogens (tertiary/aromatic N) is 2. The number of carbonyl (C=O) groups excluding carboxylic acids is 2. The average molecular weight is 849 g/mol. The van der Waals surface area contributed by atoms with Crippen LogP contribution in [0.4, 0.5) is 0 Å². The van der Waals surface area contributed by atoms with E-state index >= 15 is 0 Å². The lowest BCUT2D eigenvalue weighted by atomic mass is 9.91. The molecule has 10 heteroatoms. The van der Waals surface area contributed by atoms with Crippen LogP contribution in [-0.2, 0) is 18.4 Å². The molecule has 0 radical (unpaired) electrons. The number of quaternary nitrogens is 2. The number of esters is 2. The van der Waals surface area contributed by atoms with Crippen molar-refractivity contribution in [3.63, 3.8) is 0 Å². The van der Waals surface area contributed by atoms with Crippen LogP contribution in [0, 0.1) is 13.8 Å². The summed E-state index contributed by atoms with van der Waals surface area (Å²) in [4.78, 5) is 25.8. The summed E-state index contributed by atoms with van der Waals surface area (Å²) in [5, 5.41) is 40.0. The van der Waals surface area contributed by atoms with Crippen molar-refractivity contribution in [2.45, 2.75) is 91.3 Å². The lowest BCUT2D eigenvalue weighted by Crippen LogP contribution is -2.59. The van der Waals surface area contributed by atoms with Crippen molar-refractivity contribution < 1.29 is 48.5 Å². The molecule has 0 aromatic heterocycles. The third kappa shape index (κ3) is 13.2. The van der Waals surface area contributed by atoms with E-state index in [2.05, 4.69) is 62.8 Å². The molecule has 0 amide bonds. The molecular formula is C52H68N2O8+2. The SMILES string of the molecule is CC(C)(CCc1ccc(O)cc1)[N+](C)(C)CCc1ccc(O)c(O)c1.Cc1ccc(C(=O)Oc2ccc(C(C)(O)C[N+](C)(C)C(C)(C)C)cc2OC(=O)c2ccc(C)cc2)cc1. The van der Waals surface area contributed by atoms with Gasteiger partial charge < -0.3 is 38.9 Å². The van der Waals surface area contributed by atoms with Gasteiger partial charge in [0.2, 0.25) is 0 Å². The summed E-state index contributed by atoms with van der Waals surface area (Å²) in [5.41, 5.74) is 4.29. The van der Waals surface area contributed by atoms with Gasteiger partial charge in [0, 0.05) is 12.8 Å². The topological polar surface area (TPSA) is 134 Å². The first-order chi connectivity index (χ1) is 28.7. The number of likely N-dealkylation sites (N-methyl/N-ethyl adjacent to an activating group) is 2. The maximum atomic E-state index is 13.0. The number of rotatable bonds is 14. The van der Waals surface area contributed by atoms with Crippen LogP contribution >= 0.6 is 0 Å². The van der Waals surface area contributed by atoms with Crippen molar-refractivity contribution in [3.8, 4) is 28.7 Å². The highest BCUT2D eigenvalue weighted by Gasteiger charge is 2.40. The molecule has 1 unspecified atom stereocenters. The minimum atomic E-state index is -1.25. The highest BCUT2D eigenvalue weighted by Crippen LogP contribution is 2.36. The molecule has 0 aliphatic carbocycles. The zero-order valence-corrected chi connectivity index (χ0v) is 38.7. The second-order valence-corrected chi connectivity index (χ2v) is 19.4. The number of ether oxygens (including phenoxy) is 2. The number of aliphatic hydroxyl groups is 1. The van der Waals surface area contributed by atoms with Crippen LogP contribution in [0.25, 0.3) is 0 Å². The Morgan fingerprint density at radius 2 is 1.06 bits per heavy atom. The first-order valence-electron chi connectivity index (χ1n) is 21.1. The fourth-order valence-electron chi connectivity index (χ4n) is 6.65. The normalized spacial score (nSPS) is 13.0. The molecule has 0 fully saturated rings. The molecule has 62 heavy (non-hydrogen) atoms. The molecule has 4 N–H and O–H groups in total.